The van der Waals surface area contributed by atoms with Gasteiger partial charge in [0.05, 0.1) is 59.0 Å². The second kappa shape index (κ2) is 48.5. The van der Waals surface area contributed by atoms with Crippen LogP contribution in [0.2, 0.25) is 5.15 Å². The van der Waals surface area contributed by atoms with Crippen LogP contribution in [0.15, 0.2) is 190 Å². The molecular formula is C81H84BBr3ClI6N8O15-. The normalized spacial score (nSPS) is 20.0. The molecule has 5 aromatic carbocycles. The second-order valence-corrected chi connectivity index (χ2v) is 46.1. The zero-order valence-corrected chi connectivity index (χ0v) is 81.7. The maximum Gasteiger partial charge on any atom is 0.147 e. The molecule has 14 rings (SSSR count). The molecule has 34 heteroatoms. The summed E-state index contributed by atoms with van der Waals surface area (Å²) in [5.74, 6) is 13.3. The zero-order chi connectivity index (χ0) is 82.8. The fourth-order valence-corrected chi connectivity index (χ4v) is 12.3. The van der Waals surface area contributed by atoms with E-state index in [1.54, 1.807) is 43.2 Å². The van der Waals surface area contributed by atoms with E-state index in [2.05, 4.69) is 186 Å². The second-order valence-electron chi connectivity index (χ2n) is 26.9. The van der Waals surface area contributed by atoms with E-state index >= 15 is 0 Å². The number of aryl methyl sites for hydroxylation is 4. The fourth-order valence-electron chi connectivity index (χ4n) is 11.2. The predicted molar refractivity (Wildman–Crippen MR) is 496 cm³/mol. The number of ether oxygens (including phenoxy) is 5. The molecule has 0 aliphatic carbocycles. The van der Waals surface area contributed by atoms with E-state index in [9.17, 15) is 40.9 Å². The number of hydrogen-bond donors (Lipinski definition) is 10. The smallest absolute Gasteiger partial charge is 0.147 e. The van der Waals surface area contributed by atoms with E-state index in [4.69, 9.17) is 44.6 Å². The number of aliphatic hydroxyl groups is 8. The van der Waals surface area contributed by atoms with Crippen LogP contribution < -0.4 is 32.9 Å². The third kappa shape index (κ3) is 28.5. The molecule has 11 aromatic rings. The van der Waals surface area contributed by atoms with Gasteiger partial charge in [0.1, 0.15) is 86.0 Å². The molecule has 0 spiro atoms. The van der Waals surface area contributed by atoms with Crippen molar-refractivity contribution in [2.45, 2.75) is 147 Å². The number of aromatic nitrogens is 8. The number of fused-ring (bicyclic) bond motifs is 2. The Morgan fingerprint density at radius 2 is 0.896 bits per heavy atom. The summed E-state index contributed by atoms with van der Waals surface area (Å²) in [6.07, 6.45) is -2.30. The van der Waals surface area contributed by atoms with Crippen LogP contribution in [0.5, 0.6) is 17.6 Å². The molecule has 115 heavy (non-hydrogen) atoms. The van der Waals surface area contributed by atoms with Crippen molar-refractivity contribution >= 4 is 192 Å². The van der Waals surface area contributed by atoms with Crippen molar-refractivity contribution in [2.24, 2.45) is 0 Å². The minimum atomic E-state index is -1.49. The van der Waals surface area contributed by atoms with Crippen molar-refractivity contribution in [3.63, 3.8) is 0 Å². The number of nitrogens with zero attached hydrogens (tertiary/aromatic N) is 6. The number of aromatic amines is 2. The van der Waals surface area contributed by atoms with Crippen molar-refractivity contribution < 1.29 is 87.1 Å². The van der Waals surface area contributed by atoms with Crippen molar-refractivity contribution in [3.05, 3.63) is 245 Å². The van der Waals surface area contributed by atoms with E-state index in [-0.39, 0.29) is 35.2 Å². The fraction of sp³-hybridized carbons (Fsp3) is 0.309. The SMILES string of the molecule is Cc1cc(Cl)ncc1Br.Cc1cc(OCc2ccccc2)ncc1-c1cc(C#C[C@H]2O[C@H](CO)[C@@H](O)[C@H](O)[C@@H]2O)c2[nH]ncc2c1.Cc1cc(OCc2ccccc2)ncc1B1OC(C)(C)C(C)(C)O1.Cc1cc(OCc2ccccc2)ncc1Br.I.II.I[I-]I.OC[C@H]1O[C@H](C#Cc2cc(Br)cc3cn[nH]c23)[C@@H](O)[C@@H](O)[C@@H]1O. The Kier molecular flexibility index (Phi) is 41.3. The van der Waals surface area contributed by atoms with E-state index in [1.807, 2.05) is 189 Å². The molecule has 0 radical (unpaired) electrons. The number of rotatable bonds is 13. The van der Waals surface area contributed by atoms with Crippen LogP contribution in [-0.4, -0.2) is 174 Å². The van der Waals surface area contributed by atoms with Crippen LogP contribution in [0.25, 0.3) is 32.9 Å². The van der Waals surface area contributed by atoms with Gasteiger partial charge >= 0.3 is 57.6 Å². The first-order valence-electron chi connectivity index (χ1n) is 35.1. The first-order valence-corrected chi connectivity index (χ1v) is 56.7. The Hall–Kier alpha value is -4.15. The third-order valence-corrected chi connectivity index (χ3v) is 20.6. The minimum absolute atomic E-state index is 0. The van der Waals surface area contributed by atoms with Crippen LogP contribution in [-0.2, 0) is 38.6 Å². The standard InChI is InChI=1S/C28H27N3O6.C19H24BNO3.C15H15BrN2O5.C13H12BrNO.C6H5BrClN.I3.I2.HI/c1-16-9-24(36-15-17-5-3-2-4-6-17)29-13-21(16)19-10-18(25-20(11-19)12-30-31-25)7-8-22-26(33)28(35)27(34)23(14-32)37-22;1-14-11-17(22-13-15-9-7-6-8-10-15)21-12-16(14)20-23-18(2,3)19(4,5)24-20;16-9-3-7(12-8(4-9)5-17-18-12)1-2-10-13(20)15(22)14(21)11(6-19)23-10;1-10-7-13(15-8-12(10)14)16-9-11-5-3-2-4-6-11;1-4-2-6(8)9-3-5(4)7;1-3-2;1-2;/h2-6,9-13,22-23,26-28,32-35H,14-15H2,1H3,(H,30,31);6-12H,13H2,1-5H3;3-5,10-11,13-15,19-22H,6H2,(H,17,18);2-8H,9H2,1H3;2-3H,1H3;;;1H/q;;;;;-1;;/t22-,23-,26-,27-,28-;;10-,11-,13-,14-,15-;;;;;/m1.1...../s1. The van der Waals surface area contributed by atoms with Gasteiger partial charge < -0.3 is 73.8 Å². The average molecular weight is 2460 g/mol. The number of H-pyrrole nitrogens is 2. The van der Waals surface area contributed by atoms with Crippen LogP contribution in [0, 0.1) is 51.4 Å². The van der Waals surface area contributed by atoms with E-state index in [0.717, 1.165) is 85.2 Å². The van der Waals surface area contributed by atoms with Crippen LogP contribution in [0.3, 0.4) is 0 Å². The summed E-state index contributed by atoms with van der Waals surface area (Å²) in [7, 11) is -0.398. The van der Waals surface area contributed by atoms with Gasteiger partial charge in [0, 0.05) is 115 Å². The summed E-state index contributed by atoms with van der Waals surface area (Å²) in [5, 5.41) is 94.6. The zero-order valence-electron chi connectivity index (χ0n) is 63.1. The van der Waals surface area contributed by atoms with Gasteiger partial charge in [-0.05, 0) is 162 Å². The number of aliphatic hydroxyl groups excluding tert-OH is 8. The van der Waals surface area contributed by atoms with Crippen molar-refractivity contribution in [1.29, 1.82) is 0 Å². The van der Waals surface area contributed by atoms with Gasteiger partial charge in [-0.2, -0.15) is 10.2 Å². The molecule has 3 fully saturated rings. The number of nitrogens with one attached hydrogen (secondary N) is 2. The van der Waals surface area contributed by atoms with E-state index < -0.39 is 81.4 Å². The quantitative estimate of drug-likeness (QED) is 0.0222. The minimum Gasteiger partial charge on any atom is -0.394 e. The molecule has 612 valence electrons. The van der Waals surface area contributed by atoms with Crippen LogP contribution >= 0.6 is 158 Å². The summed E-state index contributed by atoms with van der Waals surface area (Å²) >= 11 is 25.2. The van der Waals surface area contributed by atoms with Gasteiger partial charge in [-0.3, -0.25) is 10.2 Å². The molecule has 3 aliphatic rings. The van der Waals surface area contributed by atoms with E-state index in [0.29, 0.717) is 72.5 Å². The van der Waals surface area contributed by atoms with Gasteiger partial charge in [-0.15, -0.1) is 24.0 Å². The molecule has 0 saturated carbocycles. The summed E-state index contributed by atoms with van der Waals surface area (Å²) in [4.78, 5) is 16.9. The molecule has 6 aromatic heterocycles. The number of pyridine rings is 4. The summed E-state index contributed by atoms with van der Waals surface area (Å²) in [5.41, 5.74) is 12.2. The first-order chi connectivity index (χ1) is 54.6. The molecule has 23 nitrogen and oxygen atoms in total. The Labute approximate surface area is 768 Å². The average Bonchev–Trinajstić information content (AvgIpc) is 1.66. The Balaban J connectivity index is 0.000000207. The molecule has 9 heterocycles. The van der Waals surface area contributed by atoms with Gasteiger partial charge in [0.2, 0.25) is 17.6 Å². The van der Waals surface area contributed by atoms with Gasteiger partial charge in [-0.1, -0.05) is 142 Å². The summed E-state index contributed by atoms with van der Waals surface area (Å²) in [6, 6.07) is 45.1. The Morgan fingerprint density at radius 3 is 1.30 bits per heavy atom. The van der Waals surface area contributed by atoms with Gasteiger partial charge in [0.25, 0.3) is 0 Å². The molecule has 10 N–H and O–H groups in total. The molecular weight excluding hydrogens is 2370 g/mol. The van der Waals surface area contributed by atoms with Crippen molar-refractivity contribution in [3.8, 4) is 52.4 Å². The number of benzene rings is 5. The topological polar surface area (TPSA) is 335 Å². The molecule has 10 atom stereocenters. The molecule has 0 unspecified atom stereocenters. The first kappa shape index (κ1) is 98.0. The maximum absolute atomic E-state index is 10.3. The third-order valence-electron chi connectivity index (χ3n) is 18.3. The van der Waals surface area contributed by atoms with Crippen molar-refractivity contribution in [2.75, 3.05) is 13.2 Å². The summed E-state index contributed by atoms with van der Waals surface area (Å²) < 4.78 is 43.1. The largest absolute Gasteiger partial charge is 0.394 e. The Bertz CT molecular complexity index is 5010. The van der Waals surface area contributed by atoms with Crippen molar-refractivity contribution in [1.82, 2.24) is 40.3 Å². The summed E-state index contributed by atoms with van der Waals surface area (Å²) in [6.45, 7) is 16.7. The van der Waals surface area contributed by atoms with Crippen LogP contribution in [0.4, 0.5) is 0 Å². The van der Waals surface area contributed by atoms with Gasteiger partial charge in [-0.25, -0.2) is 19.9 Å². The molecule has 0 amide bonds. The molecule has 0 bridgehead atoms. The number of halogens is 10. The molecule has 3 saturated heterocycles. The number of hydrogen-bond acceptors (Lipinski definition) is 21. The Morgan fingerprint density at radius 1 is 0.504 bits per heavy atom. The van der Waals surface area contributed by atoms with Gasteiger partial charge in [0.15, 0.2) is 0 Å². The van der Waals surface area contributed by atoms with E-state index in [1.165, 1.54) is 0 Å². The monoisotopic (exact) mass is 2450 g/mol. The molecule has 3 aliphatic heterocycles. The maximum atomic E-state index is 10.3. The van der Waals surface area contributed by atoms with Crippen LogP contribution in [0.1, 0.15) is 77.8 Å². The predicted octanol–water partition coefficient (Wildman–Crippen LogP) is 12.2.